The first-order valence-electron chi connectivity index (χ1n) is 9.30. The number of aryl methyl sites for hydroxylation is 1. The zero-order chi connectivity index (χ0) is 20.1. The summed E-state index contributed by atoms with van der Waals surface area (Å²) in [7, 11) is 0. The van der Waals surface area contributed by atoms with E-state index in [4.69, 9.17) is 17.0 Å². The minimum Gasteiger partial charge on any atom is -0.355 e. The van der Waals surface area contributed by atoms with Crippen molar-refractivity contribution >= 4 is 34.5 Å². The van der Waals surface area contributed by atoms with Crippen molar-refractivity contribution < 1.29 is 4.79 Å². The standard InChI is InChI=1S/C24H23ClN2O/c1-3-18(26)14-17-9-5-7-11-23(17)27-19-12-13-21(22(25)15-19)24(28)20-10-6-4-8-16(20)2/h4-13,15,26-27H,3,14H2,1-2H3. The number of hydrogen-bond donors (Lipinski definition) is 2. The van der Waals surface area contributed by atoms with Crippen LogP contribution in [0.3, 0.4) is 0 Å². The molecule has 0 fully saturated rings. The zero-order valence-corrected chi connectivity index (χ0v) is 16.8. The predicted octanol–water partition coefficient (Wildman–Crippen LogP) is 6.60. The monoisotopic (exact) mass is 390 g/mol. The molecule has 3 aromatic carbocycles. The Morgan fingerprint density at radius 3 is 2.43 bits per heavy atom. The van der Waals surface area contributed by atoms with E-state index in [0.717, 1.165) is 28.9 Å². The summed E-state index contributed by atoms with van der Waals surface area (Å²) in [5, 5.41) is 11.8. The Hall–Kier alpha value is -2.91. The molecule has 0 aliphatic carbocycles. The van der Waals surface area contributed by atoms with Gasteiger partial charge in [0.1, 0.15) is 0 Å². The van der Waals surface area contributed by atoms with Crippen LogP contribution in [0.1, 0.15) is 40.4 Å². The average Bonchev–Trinajstić information content (AvgIpc) is 2.69. The third-order valence-corrected chi connectivity index (χ3v) is 5.04. The molecule has 0 aliphatic heterocycles. The fraction of sp³-hybridized carbons (Fsp3) is 0.167. The van der Waals surface area contributed by atoms with Crippen LogP contribution in [0.25, 0.3) is 0 Å². The largest absolute Gasteiger partial charge is 0.355 e. The van der Waals surface area contributed by atoms with E-state index in [1.807, 2.05) is 68.4 Å². The number of benzene rings is 3. The lowest BCUT2D eigenvalue weighted by Gasteiger charge is -2.14. The summed E-state index contributed by atoms with van der Waals surface area (Å²) in [4.78, 5) is 12.8. The number of halogens is 1. The van der Waals surface area contributed by atoms with Gasteiger partial charge in [0, 0.05) is 34.6 Å². The van der Waals surface area contributed by atoms with Gasteiger partial charge < -0.3 is 10.7 Å². The highest BCUT2D eigenvalue weighted by atomic mass is 35.5. The van der Waals surface area contributed by atoms with Crippen LogP contribution in [-0.4, -0.2) is 11.5 Å². The molecule has 3 nitrogen and oxygen atoms in total. The number of rotatable bonds is 7. The number of carbonyl (C=O) groups excluding carboxylic acids is 1. The van der Waals surface area contributed by atoms with E-state index in [-0.39, 0.29) is 5.78 Å². The Morgan fingerprint density at radius 2 is 1.71 bits per heavy atom. The van der Waals surface area contributed by atoms with Crippen LogP contribution in [0.15, 0.2) is 66.7 Å². The first-order chi connectivity index (χ1) is 13.5. The van der Waals surface area contributed by atoms with E-state index < -0.39 is 0 Å². The lowest BCUT2D eigenvalue weighted by Crippen LogP contribution is -2.05. The van der Waals surface area contributed by atoms with Gasteiger partial charge in [-0.25, -0.2) is 0 Å². The van der Waals surface area contributed by atoms with E-state index in [1.165, 1.54) is 0 Å². The summed E-state index contributed by atoms with van der Waals surface area (Å²) in [5.74, 6) is -0.0774. The van der Waals surface area contributed by atoms with Crippen molar-refractivity contribution in [3.8, 4) is 0 Å². The van der Waals surface area contributed by atoms with Crippen LogP contribution in [0.2, 0.25) is 5.02 Å². The number of para-hydroxylation sites is 1. The van der Waals surface area contributed by atoms with Crippen LogP contribution >= 0.6 is 11.6 Å². The Labute approximate surface area is 170 Å². The first-order valence-corrected chi connectivity index (χ1v) is 9.68. The Morgan fingerprint density at radius 1 is 1.00 bits per heavy atom. The van der Waals surface area contributed by atoms with Crippen molar-refractivity contribution in [1.82, 2.24) is 0 Å². The normalized spacial score (nSPS) is 10.5. The number of carbonyl (C=O) groups is 1. The van der Waals surface area contributed by atoms with E-state index in [9.17, 15) is 4.79 Å². The molecule has 4 heteroatoms. The topological polar surface area (TPSA) is 53.0 Å². The lowest BCUT2D eigenvalue weighted by atomic mass is 9.99. The molecule has 0 unspecified atom stereocenters. The number of hydrogen-bond acceptors (Lipinski definition) is 3. The van der Waals surface area contributed by atoms with Gasteiger partial charge in [-0.05, 0) is 48.7 Å². The van der Waals surface area contributed by atoms with Crippen molar-refractivity contribution in [2.45, 2.75) is 26.7 Å². The van der Waals surface area contributed by atoms with Gasteiger partial charge in [-0.1, -0.05) is 61.0 Å². The van der Waals surface area contributed by atoms with Gasteiger partial charge in [-0.2, -0.15) is 0 Å². The second-order valence-electron chi connectivity index (χ2n) is 6.75. The maximum absolute atomic E-state index is 12.8. The second kappa shape index (κ2) is 8.85. The zero-order valence-electron chi connectivity index (χ0n) is 16.1. The molecule has 0 atom stereocenters. The molecule has 0 spiro atoms. The highest BCUT2D eigenvalue weighted by molar-refractivity contribution is 6.35. The molecule has 0 aliphatic rings. The molecule has 0 bridgehead atoms. The summed E-state index contributed by atoms with van der Waals surface area (Å²) >= 11 is 6.44. The molecule has 3 rings (SSSR count). The van der Waals surface area contributed by atoms with Gasteiger partial charge >= 0.3 is 0 Å². The molecule has 0 heterocycles. The summed E-state index contributed by atoms with van der Waals surface area (Å²) < 4.78 is 0. The Bertz CT molecular complexity index is 1030. The predicted molar refractivity (Wildman–Crippen MR) is 118 cm³/mol. The minimum absolute atomic E-state index is 0.0774. The SMILES string of the molecule is CCC(=N)Cc1ccccc1Nc1ccc(C(=O)c2ccccc2C)c(Cl)c1. The third kappa shape index (κ3) is 4.49. The number of anilines is 2. The van der Waals surface area contributed by atoms with Crippen molar-refractivity contribution in [3.63, 3.8) is 0 Å². The smallest absolute Gasteiger partial charge is 0.194 e. The van der Waals surface area contributed by atoms with E-state index in [2.05, 4.69) is 5.32 Å². The number of nitrogens with one attached hydrogen (secondary N) is 2. The highest BCUT2D eigenvalue weighted by Gasteiger charge is 2.15. The lowest BCUT2D eigenvalue weighted by molar-refractivity contribution is 0.103. The number of ketones is 1. The van der Waals surface area contributed by atoms with Crippen LogP contribution in [0.4, 0.5) is 11.4 Å². The van der Waals surface area contributed by atoms with E-state index >= 15 is 0 Å². The molecule has 0 amide bonds. The molecule has 0 aromatic heterocycles. The molecule has 0 radical (unpaired) electrons. The summed E-state index contributed by atoms with van der Waals surface area (Å²) in [5.41, 5.74) is 5.57. The maximum atomic E-state index is 12.8. The van der Waals surface area contributed by atoms with Crippen LogP contribution in [-0.2, 0) is 6.42 Å². The van der Waals surface area contributed by atoms with Gasteiger partial charge in [-0.15, -0.1) is 0 Å². The Balaban J connectivity index is 1.85. The minimum atomic E-state index is -0.0774. The molecule has 3 aromatic rings. The first kappa shape index (κ1) is 19.8. The molecule has 0 saturated carbocycles. The van der Waals surface area contributed by atoms with Gasteiger partial charge in [0.25, 0.3) is 0 Å². The highest BCUT2D eigenvalue weighted by Crippen LogP contribution is 2.28. The van der Waals surface area contributed by atoms with Crippen molar-refractivity contribution in [3.05, 3.63) is 94.0 Å². The molecular weight excluding hydrogens is 368 g/mol. The summed E-state index contributed by atoms with van der Waals surface area (Å²) in [6.45, 7) is 3.91. The average molecular weight is 391 g/mol. The fourth-order valence-electron chi connectivity index (χ4n) is 3.06. The summed E-state index contributed by atoms with van der Waals surface area (Å²) in [6, 6.07) is 20.8. The molecular formula is C24H23ClN2O. The van der Waals surface area contributed by atoms with Gasteiger partial charge in [0.15, 0.2) is 5.78 Å². The molecule has 0 saturated heterocycles. The fourth-order valence-corrected chi connectivity index (χ4v) is 3.32. The molecule has 2 N–H and O–H groups in total. The van der Waals surface area contributed by atoms with Crippen molar-refractivity contribution in [1.29, 1.82) is 5.41 Å². The van der Waals surface area contributed by atoms with Crippen molar-refractivity contribution in [2.75, 3.05) is 5.32 Å². The van der Waals surface area contributed by atoms with Crippen LogP contribution in [0.5, 0.6) is 0 Å². The van der Waals surface area contributed by atoms with E-state index in [0.29, 0.717) is 28.3 Å². The molecule has 28 heavy (non-hydrogen) atoms. The second-order valence-corrected chi connectivity index (χ2v) is 7.16. The van der Waals surface area contributed by atoms with E-state index in [1.54, 1.807) is 12.1 Å². The van der Waals surface area contributed by atoms with Crippen LogP contribution < -0.4 is 5.32 Å². The van der Waals surface area contributed by atoms with Gasteiger partial charge in [0.2, 0.25) is 0 Å². The summed E-state index contributed by atoms with van der Waals surface area (Å²) in [6.07, 6.45) is 1.34. The third-order valence-electron chi connectivity index (χ3n) is 4.73. The quantitative estimate of drug-likeness (QED) is 0.353. The Kier molecular flexibility index (Phi) is 6.27. The van der Waals surface area contributed by atoms with Crippen molar-refractivity contribution in [2.24, 2.45) is 0 Å². The van der Waals surface area contributed by atoms with Crippen LogP contribution in [0, 0.1) is 12.3 Å². The van der Waals surface area contributed by atoms with Gasteiger partial charge in [-0.3, -0.25) is 4.79 Å². The van der Waals surface area contributed by atoms with Gasteiger partial charge in [0.05, 0.1) is 5.02 Å². The molecule has 142 valence electrons. The maximum Gasteiger partial charge on any atom is 0.194 e.